The quantitative estimate of drug-likeness (QED) is 0.224. The minimum Gasteiger partial charge on any atom is -0.472 e. The van der Waals surface area contributed by atoms with Crippen molar-refractivity contribution in [3.05, 3.63) is 47.5 Å². The van der Waals surface area contributed by atoms with Crippen molar-refractivity contribution in [2.24, 2.45) is 34.0 Å². The van der Waals surface area contributed by atoms with Gasteiger partial charge in [0, 0.05) is 52.2 Å². The summed E-state index contributed by atoms with van der Waals surface area (Å²) < 4.78 is 41.5. The van der Waals surface area contributed by atoms with E-state index < -0.39 is 105 Å². The first-order valence-corrected chi connectivity index (χ1v) is 17.5. The summed E-state index contributed by atoms with van der Waals surface area (Å²) in [6.45, 7) is 14.1. The topological polar surface area (TPSA) is 194 Å². The van der Waals surface area contributed by atoms with Crippen LogP contribution < -0.4 is 0 Å². The molecule has 4 heterocycles. The van der Waals surface area contributed by atoms with Crippen LogP contribution in [-0.4, -0.2) is 82.5 Å². The van der Waals surface area contributed by atoms with Gasteiger partial charge in [-0.3, -0.25) is 9.59 Å². The Morgan fingerprint density at radius 2 is 1.69 bits per heavy atom. The molecule has 2 saturated heterocycles. The second-order valence-corrected chi connectivity index (χ2v) is 16.2. The van der Waals surface area contributed by atoms with Gasteiger partial charge in [0.05, 0.1) is 25.6 Å². The van der Waals surface area contributed by atoms with E-state index in [1.54, 1.807) is 47.6 Å². The van der Waals surface area contributed by atoms with Crippen molar-refractivity contribution in [1.29, 1.82) is 0 Å². The van der Waals surface area contributed by atoms with E-state index in [-0.39, 0.29) is 17.6 Å². The lowest BCUT2D eigenvalue weighted by atomic mass is 9.36. The Morgan fingerprint density at radius 1 is 1.02 bits per heavy atom. The predicted octanol–water partition coefficient (Wildman–Crippen LogP) is 3.64. The molecule has 14 heteroatoms. The normalized spacial score (nSPS) is 40.5. The van der Waals surface area contributed by atoms with Crippen molar-refractivity contribution in [1.82, 2.24) is 0 Å². The largest absolute Gasteiger partial charge is 0.472 e. The number of carbonyl (C=O) groups is 5. The fraction of sp³-hybridized carbons (Fsp3) is 0.658. The molecule has 0 amide bonds. The number of aliphatic hydroxyl groups is 2. The number of ether oxygens (including phenoxy) is 6. The molecule has 2 saturated carbocycles. The van der Waals surface area contributed by atoms with E-state index in [2.05, 4.69) is 0 Å². The molecule has 1 aromatic heterocycles. The van der Waals surface area contributed by atoms with Crippen LogP contribution in [0.5, 0.6) is 0 Å². The average Bonchev–Trinajstić information content (AvgIpc) is 3.73. The molecule has 2 aliphatic carbocycles. The van der Waals surface area contributed by atoms with Crippen LogP contribution in [-0.2, 0) is 52.4 Å². The third kappa shape index (κ3) is 4.55. The van der Waals surface area contributed by atoms with Crippen LogP contribution in [0.3, 0.4) is 0 Å². The van der Waals surface area contributed by atoms with Gasteiger partial charge in [-0.25, -0.2) is 14.4 Å². The fourth-order valence-electron chi connectivity index (χ4n) is 10.6. The molecule has 0 aromatic carbocycles. The molecular formula is C38H48O14. The Balaban J connectivity index is 1.71. The Kier molecular flexibility index (Phi) is 8.71. The average molecular weight is 729 g/mol. The van der Waals surface area contributed by atoms with E-state index in [4.69, 9.17) is 32.8 Å². The number of rotatable bonds is 8. The summed E-state index contributed by atoms with van der Waals surface area (Å²) in [4.78, 5) is 67.4. The number of furan rings is 1. The number of hydrogen-bond acceptors (Lipinski definition) is 14. The van der Waals surface area contributed by atoms with Crippen molar-refractivity contribution in [2.75, 3.05) is 7.11 Å². The second kappa shape index (κ2) is 12.0. The molecule has 5 aliphatic rings. The summed E-state index contributed by atoms with van der Waals surface area (Å²) in [5.74, 6) is -9.86. The number of esters is 5. The highest BCUT2D eigenvalue weighted by molar-refractivity contribution is 5.88. The van der Waals surface area contributed by atoms with Crippen LogP contribution in [0.25, 0.3) is 0 Å². The van der Waals surface area contributed by atoms with Gasteiger partial charge in [-0.15, -0.1) is 0 Å². The Labute approximate surface area is 301 Å². The molecule has 2 N–H and O–H groups in total. The first kappa shape index (κ1) is 37.7. The number of methoxy groups -OCH3 is 1. The van der Waals surface area contributed by atoms with Gasteiger partial charge in [-0.1, -0.05) is 47.6 Å². The summed E-state index contributed by atoms with van der Waals surface area (Å²) >= 11 is 0. The molecule has 14 nitrogen and oxygen atoms in total. The molecule has 6 rings (SSSR count). The Bertz CT molecular complexity index is 1760. The molecular weight excluding hydrogens is 680 g/mol. The van der Waals surface area contributed by atoms with E-state index in [1.165, 1.54) is 31.6 Å². The molecule has 1 spiro atoms. The minimum atomic E-state index is -2.77. The van der Waals surface area contributed by atoms with E-state index in [1.807, 2.05) is 6.92 Å². The van der Waals surface area contributed by atoms with Crippen LogP contribution in [0.4, 0.5) is 0 Å². The van der Waals surface area contributed by atoms with Crippen LogP contribution in [0.1, 0.15) is 86.8 Å². The van der Waals surface area contributed by atoms with Gasteiger partial charge in [0.15, 0.2) is 11.7 Å². The number of cyclic esters (lactones) is 1. The summed E-state index contributed by atoms with van der Waals surface area (Å²) in [5.41, 5.74) is -8.11. The number of carbonyl (C=O) groups excluding carboxylic acids is 5. The zero-order valence-electron chi connectivity index (χ0n) is 31.1. The summed E-state index contributed by atoms with van der Waals surface area (Å²) in [7, 11) is 1.12. The maximum atomic E-state index is 13.7. The maximum Gasteiger partial charge on any atom is 0.347 e. The number of allylic oxidation sites excluding steroid dienone is 1. The van der Waals surface area contributed by atoms with Crippen molar-refractivity contribution in [3.63, 3.8) is 0 Å². The van der Waals surface area contributed by atoms with Gasteiger partial charge < -0.3 is 43.1 Å². The zero-order valence-corrected chi connectivity index (χ0v) is 31.1. The molecule has 284 valence electrons. The predicted molar refractivity (Wildman–Crippen MR) is 177 cm³/mol. The molecule has 1 aromatic rings. The smallest absolute Gasteiger partial charge is 0.347 e. The van der Waals surface area contributed by atoms with Crippen molar-refractivity contribution in [3.8, 4) is 0 Å². The molecule has 2 bridgehead atoms. The van der Waals surface area contributed by atoms with E-state index in [0.717, 1.165) is 14.0 Å². The lowest BCUT2D eigenvalue weighted by Gasteiger charge is -2.69. The van der Waals surface area contributed by atoms with E-state index >= 15 is 0 Å². The maximum absolute atomic E-state index is 13.7. The molecule has 52 heavy (non-hydrogen) atoms. The number of fused-ring (bicyclic) bond motifs is 2. The minimum absolute atomic E-state index is 0.155. The van der Waals surface area contributed by atoms with Crippen molar-refractivity contribution >= 4 is 29.8 Å². The van der Waals surface area contributed by atoms with Crippen molar-refractivity contribution in [2.45, 2.75) is 117 Å². The molecule has 3 aliphatic heterocycles. The Morgan fingerprint density at radius 3 is 2.25 bits per heavy atom. The summed E-state index contributed by atoms with van der Waals surface area (Å²) in [6, 6.07) is 1.66. The fourth-order valence-corrected chi connectivity index (χ4v) is 10.6. The second-order valence-electron chi connectivity index (χ2n) is 16.2. The lowest BCUT2D eigenvalue weighted by Crippen LogP contribution is -2.85. The lowest BCUT2D eigenvalue weighted by molar-refractivity contribution is -0.391. The highest BCUT2D eigenvalue weighted by Gasteiger charge is 2.97. The first-order valence-electron chi connectivity index (χ1n) is 17.5. The van der Waals surface area contributed by atoms with Crippen LogP contribution >= 0.6 is 0 Å². The molecule has 4 fully saturated rings. The van der Waals surface area contributed by atoms with Gasteiger partial charge >= 0.3 is 29.8 Å². The van der Waals surface area contributed by atoms with Crippen LogP contribution in [0.2, 0.25) is 0 Å². The Hall–Kier alpha value is -4.01. The summed E-state index contributed by atoms with van der Waals surface area (Å²) in [6.07, 6.45) is 0.00576. The van der Waals surface area contributed by atoms with Gasteiger partial charge in [0.2, 0.25) is 11.9 Å². The van der Waals surface area contributed by atoms with Gasteiger partial charge in [-0.2, -0.15) is 0 Å². The number of hydrogen-bond donors (Lipinski definition) is 2. The van der Waals surface area contributed by atoms with Crippen LogP contribution in [0, 0.1) is 34.0 Å². The monoisotopic (exact) mass is 728 g/mol. The highest BCUT2D eigenvalue weighted by Crippen LogP contribution is 2.82. The first-order chi connectivity index (χ1) is 24.1. The van der Waals surface area contributed by atoms with E-state index in [0.29, 0.717) is 12.0 Å². The summed E-state index contributed by atoms with van der Waals surface area (Å²) in [5, 5.41) is 26.9. The van der Waals surface area contributed by atoms with Crippen LogP contribution in [0.15, 0.2) is 46.3 Å². The van der Waals surface area contributed by atoms with Crippen molar-refractivity contribution < 1.29 is 67.0 Å². The molecule has 0 radical (unpaired) electrons. The van der Waals surface area contributed by atoms with Gasteiger partial charge in [0.1, 0.15) is 17.8 Å². The van der Waals surface area contributed by atoms with Gasteiger partial charge in [-0.05, 0) is 38.3 Å². The third-order valence-electron chi connectivity index (χ3n) is 12.8. The van der Waals surface area contributed by atoms with E-state index in [9.17, 15) is 34.2 Å². The molecule has 0 unspecified atom stereocenters. The highest BCUT2D eigenvalue weighted by atomic mass is 16.7. The third-order valence-corrected chi connectivity index (χ3v) is 12.8. The van der Waals surface area contributed by atoms with Gasteiger partial charge in [0.25, 0.3) is 0 Å². The molecule has 11 atom stereocenters. The standard InChI is InChI=1S/C38H48O14/c1-11-19(4)29(42)51-31-33(6,7)26(25(30(43)46-10)48-20(5)39)35(9)22-12-14-34(8)23(16-24(40)49-27(34)21-13-15-47-17-21)36(22)32(50-28(41)18(2)3)37(31,44)38(35,45)52-36/h11,13,15-18,22,25-27,31-32,44-45H,12,14H2,1-10H3/b19-11+/t22-,25+,26+,27+,31+,32+,34-,35-,36-,37+,38-/m0/s1. The SMILES string of the molecule is C/C=C(\C)C(=O)O[C@@H]1C(C)(C)[C@@H]([C@@H](OC(C)=O)C(=O)OC)[C@]2(C)[C@@H]3CC[C@@]4(C)C(=CC(=O)O[C@@H]4c4ccoc4)[C@@]34O[C@]2(O)[C@]1(O)[C@@H]4OC(=O)C(C)C. The zero-order chi connectivity index (χ0) is 38.6.